The van der Waals surface area contributed by atoms with Gasteiger partial charge in [-0.1, -0.05) is 41.9 Å². The van der Waals surface area contributed by atoms with Crippen molar-refractivity contribution in [2.75, 3.05) is 13.1 Å². The number of halogens is 1. The summed E-state index contributed by atoms with van der Waals surface area (Å²) in [4.78, 5) is 14.9. The maximum Gasteiger partial charge on any atom is 0.226 e. The van der Waals surface area contributed by atoms with Crippen LogP contribution in [0.3, 0.4) is 0 Å². The highest BCUT2D eigenvalue weighted by atomic mass is 79.9. The van der Waals surface area contributed by atoms with Crippen LogP contribution < -0.4 is 5.73 Å². The quantitative estimate of drug-likeness (QED) is 0.864. The predicted octanol–water partition coefficient (Wildman–Crippen LogP) is 3.60. The van der Waals surface area contributed by atoms with E-state index in [2.05, 4.69) is 41.9 Å². The molecule has 2 rings (SSSR count). The van der Waals surface area contributed by atoms with Crippen molar-refractivity contribution >= 4 is 21.8 Å². The molecule has 0 spiro atoms. The van der Waals surface area contributed by atoms with Gasteiger partial charge in [-0.2, -0.15) is 0 Å². The largest absolute Gasteiger partial charge is 0.341 e. The first kappa shape index (κ1) is 17.5. The van der Waals surface area contributed by atoms with E-state index in [-0.39, 0.29) is 17.9 Å². The number of hydrogen-bond donors (Lipinski definition) is 1. The van der Waals surface area contributed by atoms with Gasteiger partial charge in [-0.25, -0.2) is 0 Å². The normalized spacial score (nSPS) is 20.2. The molecule has 1 amide bonds. The van der Waals surface area contributed by atoms with Gasteiger partial charge in [-0.3, -0.25) is 4.79 Å². The maximum absolute atomic E-state index is 12.9. The number of carbonyl (C=O) groups excluding carboxylic acids is 1. The zero-order chi connectivity index (χ0) is 16.1. The van der Waals surface area contributed by atoms with Crippen LogP contribution in [-0.2, 0) is 11.2 Å². The molecule has 122 valence electrons. The highest BCUT2D eigenvalue weighted by Crippen LogP contribution is 2.23. The van der Waals surface area contributed by atoms with Gasteiger partial charge >= 0.3 is 0 Å². The summed E-state index contributed by atoms with van der Waals surface area (Å²) in [6.07, 6.45) is 3.79. The number of amides is 1. The lowest BCUT2D eigenvalue weighted by Crippen LogP contribution is -2.48. The van der Waals surface area contributed by atoms with Crippen LogP contribution >= 0.6 is 15.9 Å². The smallest absolute Gasteiger partial charge is 0.226 e. The Balaban J connectivity index is 2.09. The lowest BCUT2D eigenvalue weighted by atomic mass is 9.89. The summed E-state index contributed by atoms with van der Waals surface area (Å²) in [5.74, 6) is 0.850. The van der Waals surface area contributed by atoms with Crippen LogP contribution in [0.1, 0.15) is 38.7 Å². The van der Waals surface area contributed by atoms with Crippen molar-refractivity contribution in [3.8, 4) is 0 Å². The number of benzene rings is 1. The Kier molecular flexibility index (Phi) is 6.45. The first-order chi connectivity index (χ1) is 10.5. The van der Waals surface area contributed by atoms with E-state index < -0.39 is 0 Å². The van der Waals surface area contributed by atoms with Crippen LogP contribution in [-0.4, -0.2) is 29.9 Å². The zero-order valence-electron chi connectivity index (χ0n) is 13.6. The van der Waals surface area contributed by atoms with E-state index in [1.807, 2.05) is 17.0 Å². The SMILES string of the molecule is CC(C)CC(Cc1cccc(Br)c1)C(=O)N1CCCC(N)C1. The molecular formula is C18H27BrN2O. The Hall–Kier alpha value is -0.870. The van der Waals surface area contributed by atoms with Crippen LogP contribution in [0, 0.1) is 11.8 Å². The van der Waals surface area contributed by atoms with E-state index in [0.717, 1.165) is 36.7 Å². The third-order valence-electron chi connectivity index (χ3n) is 4.25. The van der Waals surface area contributed by atoms with Crippen LogP contribution in [0.15, 0.2) is 28.7 Å². The van der Waals surface area contributed by atoms with Crippen molar-refractivity contribution in [1.29, 1.82) is 0 Å². The summed E-state index contributed by atoms with van der Waals surface area (Å²) in [5, 5.41) is 0. The van der Waals surface area contributed by atoms with E-state index in [4.69, 9.17) is 5.73 Å². The molecule has 2 unspecified atom stereocenters. The van der Waals surface area contributed by atoms with Gasteiger partial charge in [0.1, 0.15) is 0 Å². The summed E-state index contributed by atoms with van der Waals surface area (Å²) in [6.45, 7) is 5.94. The Morgan fingerprint density at radius 3 is 2.86 bits per heavy atom. The van der Waals surface area contributed by atoms with Crippen molar-refractivity contribution < 1.29 is 4.79 Å². The van der Waals surface area contributed by atoms with Crippen LogP contribution in [0.25, 0.3) is 0 Å². The number of piperidine rings is 1. The molecule has 2 N–H and O–H groups in total. The minimum Gasteiger partial charge on any atom is -0.341 e. The summed E-state index contributed by atoms with van der Waals surface area (Å²) >= 11 is 3.51. The van der Waals surface area contributed by atoms with Crippen LogP contribution in [0.2, 0.25) is 0 Å². The predicted molar refractivity (Wildman–Crippen MR) is 94.6 cm³/mol. The van der Waals surface area contributed by atoms with Crippen molar-refractivity contribution in [2.45, 2.75) is 45.6 Å². The van der Waals surface area contributed by atoms with Gasteiger partial charge in [0.2, 0.25) is 5.91 Å². The lowest BCUT2D eigenvalue weighted by Gasteiger charge is -2.34. The number of carbonyl (C=O) groups is 1. The van der Waals surface area contributed by atoms with Gasteiger partial charge < -0.3 is 10.6 Å². The number of nitrogens with two attached hydrogens (primary N) is 1. The molecule has 0 aliphatic carbocycles. The minimum absolute atomic E-state index is 0.0552. The molecule has 1 aliphatic rings. The van der Waals surface area contributed by atoms with E-state index in [0.29, 0.717) is 12.5 Å². The summed E-state index contributed by atoms with van der Waals surface area (Å²) in [6, 6.07) is 8.42. The van der Waals surface area contributed by atoms with Crippen LogP contribution in [0.4, 0.5) is 0 Å². The maximum atomic E-state index is 12.9. The van der Waals surface area contributed by atoms with E-state index >= 15 is 0 Å². The second-order valence-corrected chi connectivity index (χ2v) is 7.76. The fraction of sp³-hybridized carbons (Fsp3) is 0.611. The van der Waals surface area contributed by atoms with Gasteiger partial charge in [-0.15, -0.1) is 0 Å². The number of likely N-dealkylation sites (tertiary alicyclic amines) is 1. The van der Waals surface area contributed by atoms with E-state index in [9.17, 15) is 4.79 Å². The van der Waals surface area contributed by atoms with Gasteiger partial charge in [-0.05, 0) is 49.3 Å². The van der Waals surface area contributed by atoms with Crippen molar-refractivity contribution in [3.05, 3.63) is 34.3 Å². The second kappa shape index (κ2) is 8.11. The van der Waals surface area contributed by atoms with Crippen molar-refractivity contribution in [3.63, 3.8) is 0 Å². The number of rotatable bonds is 5. The molecule has 1 fully saturated rings. The van der Waals surface area contributed by atoms with Crippen molar-refractivity contribution in [1.82, 2.24) is 4.90 Å². The molecule has 0 aromatic heterocycles. The topological polar surface area (TPSA) is 46.3 Å². The van der Waals surface area contributed by atoms with Gasteiger partial charge in [0.15, 0.2) is 0 Å². The fourth-order valence-electron chi connectivity index (χ4n) is 3.26. The molecule has 0 radical (unpaired) electrons. The lowest BCUT2D eigenvalue weighted by molar-refractivity contribution is -0.137. The molecule has 1 aromatic carbocycles. The molecule has 1 aliphatic heterocycles. The summed E-state index contributed by atoms with van der Waals surface area (Å²) < 4.78 is 1.07. The molecule has 4 heteroatoms. The molecule has 0 bridgehead atoms. The van der Waals surface area contributed by atoms with E-state index in [1.165, 1.54) is 5.56 Å². The molecule has 1 aromatic rings. The van der Waals surface area contributed by atoms with Gasteiger partial charge in [0.25, 0.3) is 0 Å². The number of nitrogens with zero attached hydrogens (tertiary/aromatic N) is 1. The molecular weight excluding hydrogens is 340 g/mol. The molecule has 2 atom stereocenters. The number of hydrogen-bond acceptors (Lipinski definition) is 2. The van der Waals surface area contributed by atoms with Gasteiger partial charge in [0, 0.05) is 29.5 Å². The standard InChI is InChI=1S/C18H27BrN2O/c1-13(2)9-15(10-14-5-3-6-16(19)11-14)18(22)21-8-4-7-17(20)12-21/h3,5-6,11,13,15,17H,4,7-10,12,20H2,1-2H3. The van der Waals surface area contributed by atoms with Crippen molar-refractivity contribution in [2.24, 2.45) is 17.6 Å². The molecule has 0 saturated carbocycles. The molecule has 3 nitrogen and oxygen atoms in total. The highest BCUT2D eigenvalue weighted by Gasteiger charge is 2.28. The highest BCUT2D eigenvalue weighted by molar-refractivity contribution is 9.10. The molecule has 1 heterocycles. The summed E-state index contributed by atoms with van der Waals surface area (Å²) in [5.41, 5.74) is 7.25. The Morgan fingerprint density at radius 1 is 1.45 bits per heavy atom. The Morgan fingerprint density at radius 2 is 2.23 bits per heavy atom. The third kappa shape index (κ3) is 5.10. The monoisotopic (exact) mass is 366 g/mol. The first-order valence-corrected chi connectivity index (χ1v) is 9.04. The Bertz CT molecular complexity index is 504. The fourth-order valence-corrected chi connectivity index (χ4v) is 3.70. The molecule has 22 heavy (non-hydrogen) atoms. The van der Waals surface area contributed by atoms with Gasteiger partial charge in [0.05, 0.1) is 0 Å². The average Bonchev–Trinajstić information content (AvgIpc) is 2.45. The van der Waals surface area contributed by atoms with E-state index in [1.54, 1.807) is 0 Å². The Labute approximate surface area is 142 Å². The zero-order valence-corrected chi connectivity index (χ0v) is 15.2. The minimum atomic E-state index is 0.0552. The third-order valence-corrected chi connectivity index (χ3v) is 4.74. The molecule has 1 saturated heterocycles. The summed E-state index contributed by atoms with van der Waals surface area (Å²) in [7, 11) is 0. The van der Waals surface area contributed by atoms with Crippen LogP contribution in [0.5, 0.6) is 0 Å². The second-order valence-electron chi connectivity index (χ2n) is 6.85. The first-order valence-electron chi connectivity index (χ1n) is 8.24. The average molecular weight is 367 g/mol.